The number of nitrogens with zero attached hydrogens (tertiary/aromatic N) is 1. The van der Waals surface area contributed by atoms with Crippen molar-refractivity contribution in [1.29, 1.82) is 0 Å². The molecule has 0 unspecified atom stereocenters. The number of hydrogen-bond donors (Lipinski definition) is 1. The molecule has 8 heteroatoms. The molecule has 1 fully saturated rings. The highest BCUT2D eigenvalue weighted by atomic mass is 32.1. The molecule has 0 aliphatic heterocycles. The van der Waals surface area contributed by atoms with E-state index in [9.17, 15) is 14.4 Å². The van der Waals surface area contributed by atoms with Crippen molar-refractivity contribution < 1.29 is 23.9 Å². The van der Waals surface area contributed by atoms with Gasteiger partial charge in [0.15, 0.2) is 6.61 Å². The molecule has 0 atom stereocenters. The average molecular weight is 465 g/mol. The van der Waals surface area contributed by atoms with Gasteiger partial charge in [-0.2, -0.15) is 0 Å². The summed E-state index contributed by atoms with van der Waals surface area (Å²) < 4.78 is 10.5. The Morgan fingerprint density at radius 2 is 1.79 bits per heavy atom. The van der Waals surface area contributed by atoms with E-state index < -0.39 is 5.97 Å². The number of methoxy groups -OCH3 is 1. The van der Waals surface area contributed by atoms with Gasteiger partial charge in [-0.15, -0.1) is 11.3 Å². The van der Waals surface area contributed by atoms with E-state index in [2.05, 4.69) is 5.32 Å². The predicted octanol–water partition coefficient (Wildman–Crippen LogP) is 4.36. The Balaban J connectivity index is 1.38. The molecule has 0 bridgehead atoms. The second-order valence-corrected chi connectivity index (χ2v) is 8.60. The largest absolute Gasteiger partial charge is 0.497 e. The van der Waals surface area contributed by atoms with Gasteiger partial charge in [0.25, 0.3) is 11.8 Å². The van der Waals surface area contributed by atoms with Crippen LogP contribution in [0.5, 0.6) is 5.75 Å². The number of thiophene rings is 1. The van der Waals surface area contributed by atoms with Crippen LogP contribution in [0.4, 0.5) is 5.69 Å². The lowest BCUT2D eigenvalue weighted by atomic mass is 10.1. The molecule has 2 aromatic carbocycles. The Labute approximate surface area is 195 Å². The highest BCUT2D eigenvalue weighted by Gasteiger charge is 2.33. The monoisotopic (exact) mass is 464 g/mol. The van der Waals surface area contributed by atoms with Gasteiger partial charge in [0.05, 0.1) is 23.2 Å². The normalized spacial score (nSPS) is 12.6. The molecular weight excluding hydrogens is 440 g/mol. The minimum atomic E-state index is -0.661. The third-order valence-electron chi connectivity index (χ3n) is 5.29. The lowest BCUT2D eigenvalue weighted by Gasteiger charge is -2.22. The Bertz CT molecular complexity index is 1120. The molecular formula is C25H24N2O5S. The molecule has 1 aromatic heterocycles. The number of rotatable bonds is 9. The summed E-state index contributed by atoms with van der Waals surface area (Å²) in [4.78, 5) is 40.2. The Morgan fingerprint density at radius 1 is 1.03 bits per heavy atom. The Morgan fingerprint density at radius 3 is 2.45 bits per heavy atom. The summed E-state index contributed by atoms with van der Waals surface area (Å²) in [6.45, 7) is 0.0806. The van der Waals surface area contributed by atoms with Crippen molar-refractivity contribution in [3.8, 4) is 5.75 Å². The average Bonchev–Trinajstić information content (AvgIpc) is 3.53. The van der Waals surface area contributed by atoms with Crippen LogP contribution in [0.25, 0.3) is 0 Å². The fourth-order valence-electron chi connectivity index (χ4n) is 3.38. The van der Waals surface area contributed by atoms with Crippen LogP contribution in [-0.4, -0.2) is 42.4 Å². The zero-order valence-electron chi connectivity index (χ0n) is 18.2. The summed E-state index contributed by atoms with van der Waals surface area (Å²) in [7, 11) is 1.61. The predicted molar refractivity (Wildman–Crippen MR) is 126 cm³/mol. The maximum atomic E-state index is 12.9. The number of esters is 1. The number of carbonyl (C=O) groups excluding carboxylic acids is 3. The van der Waals surface area contributed by atoms with E-state index in [1.54, 1.807) is 53.8 Å². The number of carbonyl (C=O) groups is 3. The van der Waals surface area contributed by atoms with Crippen LogP contribution in [0.2, 0.25) is 0 Å². The second-order valence-electron chi connectivity index (χ2n) is 7.65. The summed E-state index contributed by atoms with van der Waals surface area (Å²) in [5.74, 6) is -0.463. The molecule has 1 aliphatic carbocycles. The third kappa shape index (κ3) is 5.78. The Hall–Kier alpha value is -3.65. The van der Waals surface area contributed by atoms with Crippen molar-refractivity contribution in [3.63, 3.8) is 0 Å². The third-order valence-corrected chi connectivity index (χ3v) is 6.16. The fourth-order valence-corrected chi connectivity index (χ4v) is 4.00. The number of hydrogen-bond acceptors (Lipinski definition) is 6. The first-order valence-corrected chi connectivity index (χ1v) is 11.5. The van der Waals surface area contributed by atoms with Gasteiger partial charge in [-0.05, 0) is 54.1 Å². The number of para-hydroxylation sites is 1. The van der Waals surface area contributed by atoms with Gasteiger partial charge in [-0.25, -0.2) is 4.79 Å². The first-order valence-electron chi connectivity index (χ1n) is 10.6. The summed E-state index contributed by atoms with van der Waals surface area (Å²) in [5, 5.41) is 4.54. The van der Waals surface area contributed by atoms with E-state index in [1.165, 1.54) is 11.3 Å². The van der Waals surface area contributed by atoms with Gasteiger partial charge in [-0.3, -0.25) is 9.59 Å². The standard InChI is InChI=1S/C25H24N2O5S/c1-31-19-12-8-17(9-13-19)15-27(18-10-11-18)23(28)16-32-25(30)20-5-2-3-6-21(20)26-24(29)22-7-4-14-33-22/h2-9,12-14,18H,10-11,15-16H2,1H3,(H,26,29). The molecule has 2 amide bonds. The van der Waals surface area contributed by atoms with Crippen molar-refractivity contribution in [3.05, 3.63) is 82.0 Å². The first kappa shape index (κ1) is 22.5. The molecule has 4 rings (SSSR count). The molecule has 0 saturated heterocycles. The summed E-state index contributed by atoms with van der Waals surface area (Å²) in [5.41, 5.74) is 1.51. The molecule has 0 radical (unpaired) electrons. The van der Waals surface area contributed by atoms with Crippen LogP contribution < -0.4 is 10.1 Å². The van der Waals surface area contributed by atoms with E-state index >= 15 is 0 Å². The lowest BCUT2D eigenvalue weighted by molar-refractivity contribution is -0.135. The van der Waals surface area contributed by atoms with Gasteiger partial charge in [-0.1, -0.05) is 30.3 Å². The minimum Gasteiger partial charge on any atom is -0.497 e. The minimum absolute atomic E-state index is 0.163. The van der Waals surface area contributed by atoms with Crippen molar-refractivity contribution in [2.75, 3.05) is 19.0 Å². The molecule has 1 aliphatic rings. The van der Waals surface area contributed by atoms with Crippen LogP contribution in [0.3, 0.4) is 0 Å². The second kappa shape index (κ2) is 10.3. The number of nitrogens with one attached hydrogen (secondary N) is 1. The van der Waals surface area contributed by atoms with E-state index in [1.807, 2.05) is 24.3 Å². The van der Waals surface area contributed by atoms with Gasteiger partial charge in [0.1, 0.15) is 5.75 Å². The van der Waals surface area contributed by atoms with Crippen molar-refractivity contribution in [1.82, 2.24) is 4.90 Å². The number of anilines is 1. The highest BCUT2D eigenvalue weighted by Crippen LogP contribution is 2.29. The maximum absolute atomic E-state index is 12.9. The lowest BCUT2D eigenvalue weighted by Crippen LogP contribution is -2.36. The molecule has 33 heavy (non-hydrogen) atoms. The Kier molecular flexibility index (Phi) is 7.04. The zero-order valence-corrected chi connectivity index (χ0v) is 19.0. The van der Waals surface area contributed by atoms with Gasteiger partial charge in [0.2, 0.25) is 0 Å². The molecule has 1 saturated carbocycles. The van der Waals surface area contributed by atoms with Crippen molar-refractivity contribution in [2.24, 2.45) is 0 Å². The van der Waals surface area contributed by atoms with Crippen LogP contribution in [0.1, 0.15) is 38.4 Å². The van der Waals surface area contributed by atoms with Crippen molar-refractivity contribution >= 4 is 34.8 Å². The number of ether oxygens (including phenoxy) is 2. The van der Waals surface area contributed by atoms with Gasteiger partial charge >= 0.3 is 5.97 Å². The van der Waals surface area contributed by atoms with E-state index in [4.69, 9.17) is 9.47 Å². The quantitative estimate of drug-likeness (QED) is 0.476. The van der Waals surface area contributed by atoms with E-state index in [0.29, 0.717) is 17.1 Å². The molecule has 3 aromatic rings. The summed E-state index contributed by atoms with van der Waals surface area (Å²) in [6.07, 6.45) is 1.88. The number of benzene rings is 2. The number of amides is 2. The first-order chi connectivity index (χ1) is 16.0. The topological polar surface area (TPSA) is 84.9 Å². The summed E-state index contributed by atoms with van der Waals surface area (Å²) >= 11 is 1.31. The smallest absolute Gasteiger partial charge is 0.340 e. The maximum Gasteiger partial charge on any atom is 0.340 e. The molecule has 1 N–H and O–H groups in total. The van der Waals surface area contributed by atoms with Gasteiger partial charge < -0.3 is 19.7 Å². The zero-order chi connectivity index (χ0) is 23.2. The summed E-state index contributed by atoms with van der Waals surface area (Å²) in [6, 6.07) is 17.8. The van der Waals surface area contributed by atoms with Gasteiger partial charge in [0, 0.05) is 12.6 Å². The molecule has 170 valence electrons. The highest BCUT2D eigenvalue weighted by molar-refractivity contribution is 7.12. The van der Waals surface area contributed by atoms with E-state index in [0.717, 1.165) is 24.2 Å². The van der Waals surface area contributed by atoms with E-state index in [-0.39, 0.29) is 30.0 Å². The molecule has 7 nitrogen and oxygen atoms in total. The van der Waals surface area contributed by atoms with Crippen molar-refractivity contribution in [2.45, 2.75) is 25.4 Å². The van der Waals surface area contributed by atoms with Crippen LogP contribution in [0, 0.1) is 0 Å². The molecule has 1 heterocycles. The van der Waals surface area contributed by atoms with Crippen LogP contribution in [0.15, 0.2) is 66.0 Å². The SMILES string of the molecule is COc1ccc(CN(C(=O)COC(=O)c2ccccc2NC(=O)c2cccs2)C2CC2)cc1. The van der Waals surface area contributed by atoms with Crippen LogP contribution in [-0.2, 0) is 16.1 Å². The molecule has 0 spiro atoms. The fraction of sp³-hybridized carbons (Fsp3) is 0.240. The van der Waals surface area contributed by atoms with Crippen LogP contribution >= 0.6 is 11.3 Å².